The summed E-state index contributed by atoms with van der Waals surface area (Å²) in [6, 6.07) is 10.6. The number of carboxylic acids is 1. The highest BCUT2D eigenvalue weighted by Gasteiger charge is 2.18. The van der Waals surface area contributed by atoms with Crippen LogP contribution < -0.4 is 10.6 Å². The molecule has 10 nitrogen and oxygen atoms in total. The number of aryl methyl sites for hydroxylation is 2. The molecule has 2 amide bonds. The first-order valence-electron chi connectivity index (χ1n) is 10.6. The number of hydrogen-bond donors (Lipinski definition) is 3. The van der Waals surface area contributed by atoms with Gasteiger partial charge in [0.05, 0.1) is 5.56 Å². The van der Waals surface area contributed by atoms with E-state index in [4.69, 9.17) is 5.11 Å². The van der Waals surface area contributed by atoms with Crippen molar-refractivity contribution in [1.82, 2.24) is 30.2 Å². The maximum absolute atomic E-state index is 13.5. The van der Waals surface area contributed by atoms with Gasteiger partial charge in [-0.25, -0.2) is 14.2 Å². The number of nitrogens with zero attached hydrogens (tertiary/aromatic N) is 4. The lowest BCUT2D eigenvalue weighted by Crippen LogP contribution is -2.28. The summed E-state index contributed by atoms with van der Waals surface area (Å²) in [4.78, 5) is 45.0. The molecule has 0 aliphatic carbocycles. The average Bonchev–Trinajstić information content (AvgIpc) is 3.31. The van der Waals surface area contributed by atoms with Crippen molar-refractivity contribution in [3.63, 3.8) is 0 Å². The Hall–Kier alpha value is -4.67. The molecule has 2 aromatic carbocycles. The van der Waals surface area contributed by atoms with Crippen molar-refractivity contribution in [2.75, 3.05) is 0 Å². The Labute approximate surface area is 198 Å². The number of benzene rings is 2. The van der Waals surface area contributed by atoms with E-state index in [-0.39, 0.29) is 41.6 Å². The van der Waals surface area contributed by atoms with E-state index in [9.17, 15) is 18.8 Å². The molecular weight excluding hydrogens is 455 g/mol. The second kappa shape index (κ2) is 9.67. The van der Waals surface area contributed by atoms with Gasteiger partial charge in [-0.1, -0.05) is 24.3 Å². The Morgan fingerprint density at radius 3 is 2.26 bits per heavy atom. The minimum Gasteiger partial charge on any atom is -0.478 e. The van der Waals surface area contributed by atoms with E-state index in [1.165, 1.54) is 29.0 Å². The minimum atomic E-state index is -1.02. The SMILES string of the molecule is Cc1cc(CNC(=O)c2cc(C(=O)NCc3ccc(C(=O)O)c(C)c3)nc3ncnn23)ccc1F. The molecule has 0 atom stereocenters. The summed E-state index contributed by atoms with van der Waals surface area (Å²) in [6.07, 6.45) is 1.22. The predicted octanol–water partition coefficient (Wildman–Crippen LogP) is 2.44. The summed E-state index contributed by atoms with van der Waals surface area (Å²) < 4.78 is 14.7. The van der Waals surface area contributed by atoms with Crippen molar-refractivity contribution in [1.29, 1.82) is 0 Å². The Morgan fingerprint density at radius 2 is 1.60 bits per heavy atom. The van der Waals surface area contributed by atoms with E-state index in [1.54, 1.807) is 38.1 Å². The number of amides is 2. The third kappa shape index (κ3) is 5.13. The third-order valence-corrected chi connectivity index (χ3v) is 5.37. The number of carbonyl (C=O) groups excluding carboxylic acids is 2. The number of carboxylic acid groups (broad SMARTS) is 1. The van der Waals surface area contributed by atoms with E-state index in [1.807, 2.05) is 0 Å². The molecule has 0 unspecified atom stereocenters. The standard InChI is InChI=1S/C24H21FN6O4/c1-13-7-15(3-5-17(13)23(34)35)10-26-21(32)19-9-20(31-24(30-19)28-12-29-31)22(33)27-11-16-4-6-18(25)14(2)8-16/h3-9,12H,10-11H2,1-2H3,(H,26,32)(H,27,33)(H,34,35). The molecule has 0 saturated carbocycles. The lowest BCUT2D eigenvalue weighted by molar-refractivity contribution is 0.0695. The zero-order chi connectivity index (χ0) is 25.1. The summed E-state index contributed by atoms with van der Waals surface area (Å²) >= 11 is 0. The van der Waals surface area contributed by atoms with Gasteiger partial charge < -0.3 is 15.7 Å². The van der Waals surface area contributed by atoms with E-state index >= 15 is 0 Å². The van der Waals surface area contributed by atoms with Crippen LogP contribution in [0.25, 0.3) is 5.78 Å². The molecule has 178 valence electrons. The fourth-order valence-corrected chi connectivity index (χ4v) is 3.53. The smallest absolute Gasteiger partial charge is 0.335 e. The van der Waals surface area contributed by atoms with Crippen molar-refractivity contribution in [3.05, 3.63) is 93.8 Å². The number of halogens is 1. The molecule has 11 heteroatoms. The van der Waals surface area contributed by atoms with Gasteiger partial charge in [-0.05, 0) is 48.2 Å². The van der Waals surface area contributed by atoms with Gasteiger partial charge >= 0.3 is 5.97 Å². The number of nitrogens with one attached hydrogen (secondary N) is 2. The zero-order valence-electron chi connectivity index (χ0n) is 18.9. The van der Waals surface area contributed by atoms with Crippen molar-refractivity contribution in [2.45, 2.75) is 26.9 Å². The maximum atomic E-state index is 13.5. The molecule has 3 N–H and O–H groups in total. The lowest BCUT2D eigenvalue weighted by atomic mass is 10.1. The quantitative estimate of drug-likeness (QED) is 0.372. The van der Waals surface area contributed by atoms with Crippen LogP contribution in [0.3, 0.4) is 0 Å². The molecule has 0 spiro atoms. The van der Waals surface area contributed by atoms with Gasteiger partial charge in [-0.15, -0.1) is 0 Å². The van der Waals surface area contributed by atoms with Crippen LogP contribution in [0.2, 0.25) is 0 Å². The van der Waals surface area contributed by atoms with Crippen molar-refractivity contribution in [2.24, 2.45) is 0 Å². The number of aromatic carboxylic acids is 1. The third-order valence-electron chi connectivity index (χ3n) is 5.37. The first-order valence-corrected chi connectivity index (χ1v) is 10.6. The van der Waals surface area contributed by atoms with E-state index in [0.717, 1.165) is 0 Å². The fraction of sp³-hybridized carbons (Fsp3) is 0.167. The van der Waals surface area contributed by atoms with Crippen LogP contribution in [0.1, 0.15) is 53.6 Å². The molecule has 2 heterocycles. The van der Waals surface area contributed by atoms with Crippen molar-refractivity contribution < 1.29 is 23.9 Å². The molecule has 2 aromatic heterocycles. The Kier molecular flexibility index (Phi) is 6.49. The first-order chi connectivity index (χ1) is 16.7. The molecule has 0 bridgehead atoms. The zero-order valence-corrected chi connectivity index (χ0v) is 18.9. The van der Waals surface area contributed by atoms with Gasteiger partial charge in [-0.3, -0.25) is 9.59 Å². The van der Waals surface area contributed by atoms with E-state index in [2.05, 4.69) is 25.7 Å². The van der Waals surface area contributed by atoms with Crippen LogP contribution in [0, 0.1) is 19.7 Å². The van der Waals surface area contributed by atoms with Gasteiger partial charge in [0.25, 0.3) is 17.6 Å². The molecule has 0 aliphatic heterocycles. The van der Waals surface area contributed by atoms with E-state index in [0.29, 0.717) is 22.3 Å². The van der Waals surface area contributed by atoms with Crippen LogP contribution >= 0.6 is 0 Å². The molecule has 35 heavy (non-hydrogen) atoms. The van der Waals surface area contributed by atoms with Gasteiger partial charge in [0.1, 0.15) is 23.5 Å². The van der Waals surface area contributed by atoms with Crippen LogP contribution in [-0.4, -0.2) is 42.5 Å². The summed E-state index contributed by atoms with van der Waals surface area (Å²) in [5, 5.41) is 18.6. The second-order valence-electron chi connectivity index (χ2n) is 7.90. The summed E-state index contributed by atoms with van der Waals surface area (Å²) in [5.74, 6) is -2.34. The maximum Gasteiger partial charge on any atom is 0.335 e. The molecular formula is C24H21FN6O4. The largest absolute Gasteiger partial charge is 0.478 e. The highest BCUT2D eigenvalue weighted by Crippen LogP contribution is 2.13. The predicted molar refractivity (Wildman–Crippen MR) is 122 cm³/mol. The van der Waals surface area contributed by atoms with Gasteiger partial charge in [0.15, 0.2) is 0 Å². The van der Waals surface area contributed by atoms with Crippen LogP contribution in [0.5, 0.6) is 0 Å². The molecule has 0 saturated heterocycles. The molecule has 0 aliphatic rings. The normalized spacial score (nSPS) is 10.8. The summed E-state index contributed by atoms with van der Waals surface area (Å²) in [7, 11) is 0. The van der Waals surface area contributed by atoms with Gasteiger partial charge in [0, 0.05) is 19.2 Å². The van der Waals surface area contributed by atoms with Crippen molar-refractivity contribution >= 4 is 23.6 Å². The molecule has 0 radical (unpaired) electrons. The topological polar surface area (TPSA) is 139 Å². The minimum absolute atomic E-state index is 0.0350. The van der Waals surface area contributed by atoms with Crippen molar-refractivity contribution in [3.8, 4) is 0 Å². The average molecular weight is 476 g/mol. The number of fused-ring (bicyclic) bond motifs is 1. The number of rotatable bonds is 7. The monoisotopic (exact) mass is 476 g/mol. The lowest BCUT2D eigenvalue weighted by Gasteiger charge is -2.10. The number of hydrogen-bond acceptors (Lipinski definition) is 6. The molecule has 4 rings (SSSR count). The summed E-state index contributed by atoms with van der Waals surface area (Å²) in [6.45, 7) is 3.58. The number of carbonyl (C=O) groups is 3. The first kappa shape index (κ1) is 23.5. The molecule has 4 aromatic rings. The number of aromatic nitrogens is 4. The molecule has 0 fully saturated rings. The highest BCUT2D eigenvalue weighted by molar-refractivity contribution is 5.98. The summed E-state index contributed by atoms with van der Waals surface area (Å²) in [5.41, 5.74) is 2.66. The highest BCUT2D eigenvalue weighted by atomic mass is 19.1. The van der Waals surface area contributed by atoms with Gasteiger partial charge in [0.2, 0.25) is 0 Å². The second-order valence-corrected chi connectivity index (χ2v) is 7.90. The Balaban J connectivity index is 1.50. The Morgan fingerprint density at radius 1 is 0.943 bits per heavy atom. The van der Waals surface area contributed by atoms with Crippen LogP contribution in [0.15, 0.2) is 48.8 Å². The fourth-order valence-electron chi connectivity index (χ4n) is 3.53. The van der Waals surface area contributed by atoms with Gasteiger partial charge in [-0.2, -0.15) is 14.6 Å². The Bertz CT molecular complexity index is 1470. The van der Waals surface area contributed by atoms with Crippen LogP contribution in [-0.2, 0) is 13.1 Å². The van der Waals surface area contributed by atoms with E-state index < -0.39 is 17.8 Å². The van der Waals surface area contributed by atoms with Crippen LogP contribution in [0.4, 0.5) is 4.39 Å².